The maximum atomic E-state index is 12.4. The molecule has 0 heterocycles. The van der Waals surface area contributed by atoms with Gasteiger partial charge in [0.15, 0.2) is 0 Å². The monoisotopic (exact) mass is 346 g/mol. The predicted octanol–water partition coefficient (Wildman–Crippen LogP) is 0.554. The van der Waals surface area contributed by atoms with Crippen LogP contribution in [0.3, 0.4) is 0 Å². The van der Waals surface area contributed by atoms with Gasteiger partial charge in [0.25, 0.3) is 5.69 Å². The van der Waals surface area contributed by atoms with Gasteiger partial charge < -0.3 is 4.90 Å². The second-order valence-electron chi connectivity index (χ2n) is 5.17. The summed E-state index contributed by atoms with van der Waals surface area (Å²) >= 11 is 0. The van der Waals surface area contributed by atoms with Crippen molar-refractivity contribution in [2.24, 2.45) is 0 Å². The number of hydrogen-bond acceptors (Lipinski definition) is 7. The summed E-state index contributed by atoms with van der Waals surface area (Å²) in [6, 6.07) is 3.11. The maximum absolute atomic E-state index is 12.4. The minimum atomic E-state index is -3.90. The molecule has 0 N–H and O–H groups in total. The van der Waals surface area contributed by atoms with Crippen LogP contribution < -0.4 is 0 Å². The molecule has 0 aliphatic carbocycles. The lowest BCUT2D eigenvalue weighted by Crippen LogP contribution is -2.33. The van der Waals surface area contributed by atoms with Crippen LogP contribution in [-0.2, 0) is 16.6 Å². The Morgan fingerprint density at radius 2 is 1.70 bits per heavy atom. The molecule has 23 heavy (non-hydrogen) atoms. The van der Waals surface area contributed by atoms with Crippen molar-refractivity contribution < 1.29 is 18.3 Å². The normalized spacial score (nSPS) is 11.9. The van der Waals surface area contributed by atoms with E-state index in [1.807, 2.05) is 0 Å². The van der Waals surface area contributed by atoms with Gasteiger partial charge in [0, 0.05) is 31.1 Å². The number of sulfonamides is 1. The lowest BCUT2D eigenvalue weighted by atomic mass is 10.2. The molecule has 0 atom stereocenters. The van der Waals surface area contributed by atoms with Crippen LogP contribution in [0.15, 0.2) is 23.1 Å². The number of nitrogens with zero attached hydrogens (tertiary/aromatic N) is 4. The number of hydrogen-bond donors (Lipinski definition) is 0. The average Bonchev–Trinajstić information content (AvgIpc) is 2.43. The largest absolute Gasteiger partial charge is 0.308 e. The molecular formula is C12H18N4O6S. The summed E-state index contributed by atoms with van der Waals surface area (Å²) in [6.07, 6.45) is 0. The molecule has 1 aromatic carbocycles. The molecule has 11 heteroatoms. The smallest absolute Gasteiger partial charge is 0.280 e. The standard InChI is InChI=1S/C12H18N4O6S/c1-13(2)6-7-14(3)23(21,22)11-5-4-10(9-15(17)18)12(8-11)16(19)20/h4-5,8H,6-7,9H2,1-3H3. The van der Waals surface area contributed by atoms with E-state index in [1.165, 1.54) is 7.05 Å². The highest BCUT2D eigenvalue weighted by molar-refractivity contribution is 7.89. The van der Waals surface area contributed by atoms with E-state index < -0.39 is 32.1 Å². The van der Waals surface area contributed by atoms with Crippen LogP contribution in [0.2, 0.25) is 0 Å². The molecule has 0 fully saturated rings. The number of nitro groups is 2. The van der Waals surface area contributed by atoms with Crippen molar-refractivity contribution in [1.29, 1.82) is 0 Å². The van der Waals surface area contributed by atoms with E-state index in [-0.39, 0.29) is 17.0 Å². The van der Waals surface area contributed by atoms with Crippen molar-refractivity contribution in [2.45, 2.75) is 11.4 Å². The van der Waals surface area contributed by atoms with Crippen LogP contribution in [0.4, 0.5) is 5.69 Å². The second kappa shape index (κ2) is 7.44. The number of rotatable bonds is 8. The summed E-state index contributed by atoms with van der Waals surface area (Å²) in [5.41, 5.74) is -0.723. The van der Waals surface area contributed by atoms with Gasteiger partial charge in [0.05, 0.1) is 15.4 Å². The summed E-state index contributed by atoms with van der Waals surface area (Å²) in [5.74, 6) is 0. The molecule has 0 saturated heterocycles. The summed E-state index contributed by atoms with van der Waals surface area (Å²) < 4.78 is 25.9. The highest BCUT2D eigenvalue weighted by Crippen LogP contribution is 2.25. The topological polar surface area (TPSA) is 127 Å². The van der Waals surface area contributed by atoms with Crippen molar-refractivity contribution in [2.75, 3.05) is 34.2 Å². The summed E-state index contributed by atoms with van der Waals surface area (Å²) in [7, 11) is 1.05. The van der Waals surface area contributed by atoms with Crippen molar-refractivity contribution >= 4 is 15.7 Å². The van der Waals surface area contributed by atoms with Gasteiger partial charge in [-0.2, -0.15) is 4.31 Å². The molecule has 0 aliphatic rings. The zero-order valence-electron chi connectivity index (χ0n) is 13.0. The van der Waals surface area contributed by atoms with Crippen LogP contribution >= 0.6 is 0 Å². The van der Waals surface area contributed by atoms with Crippen LogP contribution in [-0.4, -0.2) is 61.7 Å². The van der Waals surface area contributed by atoms with Gasteiger partial charge in [0.2, 0.25) is 16.6 Å². The molecule has 0 aromatic heterocycles. The number of likely N-dealkylation sites (N-methyl/N-ethyl adjacent to an activating group) is 2. The van der Waals surface area contributed by atoms with Crippen molar-refractivity contribution in [3.05, 3.63) is 44.0 Å². The van der Waals surface area contributed by atoms with Gasteiger partial charge in [-0.3, -0.25) is 20.2 Å². The van der Waals surface area contributed by atoms with Crippen molar-refractivity contribution in [3.8, 4) is 0 Å². The quantitative estimate of drug-likeness (QED) is 0.497. The molecule has 0 spiro atoms. The zero-order valence-corrected chi connectivity index (χ0v) is 13.8. The molecule has 0 aliphatic heterocycles. The third-order valence-electron chi connectivity index (χ3n) is 3.12. The first-order valence-electron chi connectivity index (χ1n) is 6.56. The molecule has 0 saturated carbocycles. The molecule has 0 amide bonds. The lowest BCUT2D eigenvalue weighted by molar-refractivity contribution is -0.498. The highest BCUT2D eigenvalue weighted by Gasteiger charge is 2.26. The fourth-order valence-corrected chi connectivity index (χ4v) is 2.97. The fourth-order valence-electron chi connectivity index (χ4n) is 1.79. The van der Waals surface area contributed by atoms with E-state index in [0.29, 0.717) is 6.54 Å². The molecule has 0 unspecified atom stereocenters. The Morgan fingerprint density at radius 3 is 2.17 bits per heavy atom. The van der Waals surface area contributed by atoms with E-state index in [4.69, 9.17) is 0 Å². The van der Waals surface area contributed by atoms with Crippen molar-refractivity contribution in [1.82, 2.24) is 9.21 Å². The Kier molecular flexibility index (Phi) is 6.12. The van der Waals surface area contributed by atoms with Gasteiger partial charge in [0.1, 0.15) is 0 Å². The summed E-state index contributed by atoms with van der Waals surface area (Å²) in [6.45, 7) is -0.0515. The fraction of sp³-hybridized carbons (Fsp3) is 0.500. The van der Waals surface area contributed by atoms with E-state index >= 15 is 0 Å². The van der Waals surface area contributed by atoms with Crippen LogP contribution in [0.1, 0.15) is 5.56 Å². The third-order valence-corrected chi connectivity index (χ3v) is 4.98. The first-order chi connectivity index (χ1) is 10.6. The van der Waals surface area contributed by atoms with Gasteiger partial charge in [-0.15, -0.1) is 0 Å². The van der Waals surface area contributed by atoms with Crippen LogP contribution in [0, 0.1) is 20.2 Å². The Labute approximate surface area is 133 Å². The van der Waals surface area contributed by atoms with Crippen LogP contribution in [0.5, 0.6) is 0 Å². The van der Waals surface area contributed by atoms with Crippen molar-refractivity contribution in [3.63, 3.8) is 0 Å². The second-order valence-corrected chi connectivity index (χ2v) is 7.21. The number of benzene rings is 1. The molecule has 0 radical (unpaired) electrons. The number of nitro benzene ring substituents is 1. The molecule has 1 aromatic rings. The molecule has 128 valence electrons. The van der Waals surface area contributed by atoms with E-state index in [1.54, 1.807) is 19.0 Å². The minimum absolute atomic E-state index is 0.144. The minimum Gasteiger partial charge on any atom is -0.308 e. The first-order valence-corrected chi connectivity index (χ1v) is 8.00. The SMILES string of the molecule is CN(C)CCN(C)S(=O)(=O)c1ccc(C[N+](=O)[O-])c([N+](=O)[O-])c1. The Morgan fingerprint density at radius 1 is 1.09 bits per heavy atom. The average molecular weight is 346 g/mol. The van der Waals surface area contributed by atoms with E-state index in [0.717, 1.165) is 22.5 Å². The summed E-state index contributed by atoms with van der Waals surface area (Å²) in [5, 5.41) is 21.6. The Balaban J connectivity index is 3.19. The third kappa shape index (κ3) is 4.94. The zero-order chi connectivity index (χ0) is 17.8. The molecule has 10 nitrogen and oxygen atoms in total. The molecule has 0 bridgehead atoms. The Bertz CT molecular complexity index is 704. The van der Waals surface area contributed by atoms with Gasteiger partial charge in [-0.25, -0.2) is 8.42 Å². The highest BCUT2D eigenvalue weighted by atomic mass is 32.2. The maximum Gasteiger partial charge on any atom is 0.280 e. The lowest BCUT2D eigenvalue weighted by Gasteiger charge is -2.19. The summed E-state index contributed by atoms with van der Waals surface area (Å²) in [4.78, 5) is 21.6. The van der Waals surface area contributed by atoms with Gasteiger partial charge >= 0.3 is 0 Å². The molecule has 1 rings (SSSR count). The van der Waals surface area contributed by atoms with E-state index in [2.05, 4.69) is 0 Å². The first kappa shape index (κ1) is 18.9. The van der Waals surface area contributed by atoms with Gasteiger partial charge in [-0.1, -0.05) is 0 Å². The Hall–Kier alpha value is -2.11. The van der Waals surface area contributed by atoms with Crippen LogP contribution in [0.25, 0.3) is 0 Å². The van der Waals surface area contributed by atoms with Gasteiger partial charge in [-0.05, 0) is 26.2 Å². The molecular weight excluding hydrogens is 328 g/mol. The van der Waals surface area contributed by atoms with E-state index in [9.17, 15) is 28.6 Å². The predicted molar refractivity (Wildman–Crippen MR) is 82.2 cm³/mol.